The van der Waals surface area contributed by atoms with Crippen LogP contribution in [0.1, 0.15) is 20.3 Å². The Morgan fingerprint density at radius 1 is 1.67 bits per heavy atom. The fourth-order valence-corrected chi connectivity index (χ4v) is 1.42. The summed E-state index contributed by atoms with van der Waals surface area (Å²) >= 11 is 0. The summed E-state index contributed by atoms with van der Waals surface area (Å²) < 4.78 is 5.56. The van der Waals surface area contributed by atoms with E-state index in [2.05, 4.69) is 19.2 Å². The molecule has 1 heterocycles. The van der Waals surface area contributed by atoms with E-state index >= 15 is 0 Å². The molecule has 1 aliphatic heterocycles. The molecule has 12 heavy (non-hydrogen) atoms. The van der Waals surface area contributed by atoms with Crippen molar-refractivity contribution in [1.29, 1.82) is 0 Å². The minimum absolute atomic E-state index is 0.402. The third-order valence-electron chi connectivity index (χ3n) is 2.56. The van der Waals surface area contributed by atoms with E-state index in [1.807, 2.05) is 0 Å². The molecule has 1 fully saturated rings. The van der Waals surface area contributed by atoms with Crippen molar-refractivity contribution in [2.24, 2.45) is 11.7 Å². The predicted octanol–water partition coefficient (Wildman–Crippen LogP) is 0.348. The first-order chi connectivity index (χ1) is 5.74. The van der Waals surface area contributed by atoms with Crippen molar-refractivity contribution >= 4 is 0 Å². The number of ether oxygens (including phenoxy) is 1. The largest absolute Gasteiger partial charge is 0.377 e. The minimum atomic E-state index is 0.402. The van der Waals surface area contributed by atoms with Crippen molar-refractivity contribution < 1.29 is 4.74 Å². The first-order valence-corrected chi connectivity index (χ1v) is 4.79. The molecule has 0 aliphatic carbocycles. The van der Waals surface area contributed by atoms with E-state index in [-0.39, 0.29) is 0 Å². The molecule has 0 spiro atoms. The van der Waals surface area contributed by atoms with E-state index in [4.69, 9.17) is 10.5 Å². The quantitative estimate of drug-likeness (QED) is 0.643. The third-order valence-corrected chi connectivity index (χ3v) is 2.56. The van der Waals surface area contributed by atoms with E-state index in [0.717, 1.165) is 13.2 Å². The molecule has 3 atom stereocenters. The molecule has 3 heteroatoms. The highest BCUT2D eigenvalue weighted by atomic mass is 16.5. The molecule has 0 radical (unpaired) electrons. The Hall–Kier alpha value is -0.120. The van der Waals surface area contributed by atoms with Gasteiger partial charge in [-0.25, -0.2) is 0 Å². The SMILES string of the molecule is CC1CCOC1CN[C@@H](C)CN. The Labute approximate surface area is 74.7 Å². The predicted molar refractivity (Wildman–Crippen MR) is 50.0 cm³/mol. The van der Waals surface area contributed by atoms with E-state index in [1.165, 1.54) is 6.42 Å². The molecule has 1 rings (SSSR count). The van der Waals surface area contributed by atoms with Crippen molar-refractivity contribution in [3.05, 3.63) is 0 Å². The van der Waals surface area contributed by atoms with Crippen molar-refractivity contribution in [2.75, 3.05) is 19.7 Å². The summed E-state index contributed by atoms with van der Waals surface area (Å²) in [5.41, 5.74) is 5.49. The number of hydrogen-bond donors (Lipinski definition) is 2. The first-order valence-electron chi connectivity index (χ1n) is 4.79. The number of hydrogen-bond acceptors (Lipinski definition) is 3. The van der Waals surface area contributed by atoms with Crippen LogP contribution in [0.2, 0.25) is 0 Å². The van der Waals surface area contributed by atoms with Crippen LogP contribution in [0.5, 0.6) is 0 Å². The van der Waals surface area contributed by atoms with Crippen LogP contribution in [0.3, 0.4) is 0 Å². The monoisotopic (exact) mass is 172 g/mol. The van der Waals surface area contributed by atoms with Crippen LogP contribution < -0.4 is 11.1 Å². The lowest BCUT2D eigenvalue weighted by molar-refractivity contribution is 0.0915. The van der Waals surface area contributed by atoms with Crippen LogP contribution in [0.4, 0.5) is 0 Å². The zero-order valence-electron chi connectivity index (χ0n) is 8.05. The fraction of sp³-hybridized carbons (Fsp3) is 1.00. The molecule has 3 nitrogen and oxygen atoms in total. The van der Waals surface area contributed by atoms with Crippen LogP contribution in [-0.4, -0.2) is 31.8 Å². The molecule has 72 valence electrons. The van der Waals surface area contributed by atoms with Gasteiger partial charge in [-0.2, -0.15) is 0 Å². The maximum atomic E-state index is 5.56. The van der Waals surface area contributed by atoms with Gasteiger partial charge in [0.05, 0.1) is 6.10 Å². The second kappa shape index (κ2) is 4.80. The molecule has 0 aromatic heterocycles. The summed E-state index contributed by atoms with van der Waals surface area (Å²) in [6.07, 6.45) is 1.60. The van der Waals surface area contributed by atoms with Gasteiger partial charge in [-0.15, -0.1) is 0 Å². The molecular formula is C9H20N2O. The number of rotatable bonds is 4. The Morgan fingerprint density at radius 2 is 2.42 bits per heavy atom. The van der Waals surface area contributed by atoms with Gasteiger partial charge in [0.15, 0.2) is 0 Å². The van der Waals surface area contributed by atoms with Crippen LogP contribution in [-0.2, 0) is 4.74 Å². The fourth-order valence-electron chi connectivity index (χ4n) is 1.42. The summed E-state index contributed by atoms with van der Waals surface area (Å²) in [6.45, 7) is 6.90. The molecule has 0 aromatic carbocycles. The zero-order valence-corrected chi connectivity index (χ0v) is 8.05. The molecular weight excluding hydrogens is 152 g/mol. The number of nitrogens with two attached hydrogens (primary N) is 1. The Bertz CT molecular complexity index is 130. The Balaban J connectivity index is 2.13. The summed E-state index contributed by atoms with van der Waals surface area (Å²) in [5.74, 6) is 0.697. The lowest BCUT2D eigenvalue weighted by Gasteiger charge is -2.18. The third kappa shape index (κ3) is 2.73. The summed E-state index contributed by atoms with van der Waals surface area (Å²) in [6, 6.07) is 0.404. The molecule has 0 bridgehead atoms. The zero-order chi connectivity index (χ0) is 8.97. The Morgan fingerprint density at radius 3 is 2.92 bits per heavy atom. The molecule has 0 aromatic rings. The van der Waals surface area contributed by atoms with Crippen molar-refractivity contribution in [3.63, 3.8) is 0 Å². The van der Waals surface area contributed by atoms with E-state index in [0.29, 0.717) is 24.6 Å². The lowest BCUT2D eigenvalue weighted by atomic mass is 10.0. The van der Waals surface area contributed by atoms with E-state index < -0.39 is 0 Å². The van der Waals surface area contributed by atoms with E-state index in [9.17, 15) is 0 Å². The van der Waals surface area contributed by atoms with Gasteiger partial charge < -0.3 is 15.8 Å². The average Bonchev–Trinajstić information content (AvgIpc) is 2.47. The minimum Gasteiger partial charge on any atom is -0.377 e. The van der Waals surface area contributed by atoms with Gasteiger partial charge >= 0.3 is 0 Å². The van der Waals surface area contributed by atoms with Gasteiger partial charge in [0.25, 0.3) is 0 Å². The van der Waals surface area contributed by atoms with Gasteiger partial charge in [0.2, 0.25) is 0 Å². The highest BCUT2D eigenvalue weighted by molar-refractivity contribution is 4.76. The van der Waals surface area contributed by atoms with Gasteiger partial charge in [-0.1, -0.05) is 6.92 Å². The van der Waals surface area contributed by atoms with Crippen LogP contribution in [0.15, 0.2) is 0 Å². The molecule has 3 N–H and O–H groups in total. The smallest absolute Gasteiger partial charge is 0.0725 e. The van der Waals surface area contributed by atoms with Gasteiger partial charge in [-0.05, 0) is 19.3 Å². The maximum Gasteiger partial charge on any atom is 0.0725 e. The summed E-state index contributed by atoms with van der Waals surface area (Å²) in [4.78, 5) is 0. The second-order valence-corrected chi connectivity index (χ2v) is 3.72. The first kappa shape index (κ1) is 9.96. The van der Waals surface area contributed by atoms with Crippen LogP contribution >= 0.6 is 0 Å². The van der Waals surface area contributed by atoms with E-state index in [1.54, 1.807) is 0 Å². The highest BCUT2D eigenvalue weighted by Gasteiger charge is 2.23. The highest BCUT2D eigenvalue weighted by Crippen LogP contribution is 2.18. The van der Waals surface area contributed by atoms with Crippen molar-refractivity contribution in [1.82, 2.24) is 5.32 Å². The Kier molecular flexibility index (Phi) is 3.98. The van der Waals surface area contributed by atoms with Crippen molar-refractivity contribution in [2.45, 2.75) is 32.4 Å². The topological polar surface area (TPSA) is 47.3 Å². The standard InChI is InChI=1S/C9H20N2O/c1-7-3-4-12-9(7)6-11-8(2)5-10/h7-9,11H,3-6,10H2,1-2H3/t7?,8-,9?/m0/s1. The molecule has 1 aliphatic rings. The molecule has 0 saturated carbocycles. The average molecular weight is 172 g/mol. The molecule has 2 unspecified atom stereocenters. The second-order valence-electron chi connectivity index (χ2n) is 3.72. The van der Waals surface area contributed by atoms with Gasteiger partial charge in [-0.3, -0.25) is 0 Å². The van der Waals surface area contributed by atoms with Gasteiger partial charge in [0.1, 0.15) is 0 Å². The summed E-state index contributed by atoms with van der Waals surface area (Å²) in [5, 5.41) is 3.35. The van der Waals surface area contributed by atoms with Gasteiger partial charge in [0, 0.05) is 25.7 Å². The summed E-state index contributed by atoms with van der Waals surface area (Å²) in [7, 11) is 0. The molecule has 1 saturated heterocycles. The van der Waals surface area contributed by atoms with Crippen LogP contribution in [0, 0.1) is 5.92 Å². The lowest BCUT2D eigenvalue weighted by Crippen LogP contribution is -2.39. The normalized spacial score (nSPS) is 32.2. The van der Waals surface area contributed by atoms with Crippen molar-refractivity contribution in [3.8, 4) is 0 Å². The molecule has 0 amide bonds. The number of nitrogens with one attached hydrogen (secondary N) is 1. The van der Waals surface area contributed by atoms with Crippen LogP contribution in [0.25, 0.3) is 0 Å². The maximum absolute atomic E-state index is 5.56.